The van der Waals surface area contributed by atoms with Gasteiger partial charge in [0.15, 0.2) is 12.2 Å². The highest BCUT2D eigenvalue weighted by Gasteiger charge is 2.31. The fraction of sp³-hybridized carbons (Fsp3) is 0.957. The Morgan fingerprint density at radius 1 is 0.216 bits per heavy atom. The van der Waals surface area contributed by atoms with Crippen LogP contribution in [0.5, 0.6) is 0 Å². The molecule has 0 aliphatic carbocycles. The lowest BCUT2D eigenvalue weighted by Gasteiger charge is -2.21. The summed E-state index contributed by atoms with van der Waals surface area (Å²) < 4.78 is 69.1. The van der Waals surface area contributed by atoms with Gasteiger partial charge < -0.3 is 33.8 Å². The molecule has 3 N–H and O–H groups in total. The molecule has 5 atom stereocenters. The Balaban J connectivity index is 5.23. The molecule has 0 aromatic heterocycles. The summed E-state index contributed by atoms with van der Waals surface area (Å²) in [6.45, 7) is 5.09. The molecule has 0 rings (SSSR count). The first kappa shape index (κ1) is 109. The number of phosphoric acid groups is 2. The average molecular weight is 1620 g/mol. The van der Waals surface area contributed by atoms with Gasteiger partial charge in [0.1, 0.15) is 19.3 Å². The molecule has 2 unspecified atom stereocenters. The molecule has 0 amide bonds. The smallest absolute Gasteiger partial charge is 0.462 e. The molecule has 0 spiro atoms. The number of unbranched alkanes of at least 4 members (excludes halogenated alkanes) is 67. The second-order valence-electron chi connectivity index (χ2n) is 33.1. The van der Waals surface area contributed by atoms with Crippen molar-refractivity contribution in [2.75, 3.05) is 39.6 Å². The molecule has 660 valence electrons. The van der Waals surface area contributed by atoms with Crippen molar-refractivity contribution < 1.29 is 80.2 Å². The van der Waals surface area contributed by atoms with Crippen molar-refractivity contribution in [3.63, 3.8) is 0 Å². The Kier molecular flexibility index (Phi) is 84.4. The van der Waals surface area contributed by atoms with Gasteiger partial charge in [0.2, 0.25) is 0 Å². The number of aliphatic hydroxyl groups is 1. The van der Waals surface area contributed by atoms with Crippen LogP contribution in [0.15, 0.2) is 0 Å². The van der Waals surface area contributed by atoms with Gasteiger partial charge in [-0.1, -0.05) is 458 Å². The van der Waals surface area contributed by atoms with E-state index in [1.54, 1.807) is 0 Å². The fourth-order valence-corrected chi connectivity index (χ4v) is 16.2. The van der Waals surface area contributed by atoms with Crippen molar-refractivity contribution >= 4 is 39.5 Å². The highest BCUT2D eigenvalue weighted by Crippen LogP contribution is 2.45. The quantitative estimate of drug-likeness (QED) is 0.0222. The summed E-state index contributed by atoms with van der Waals surface area (Å²) in [5.74, 6) is -2.09. The maximum atomic E-state index is 13.2. The number of hydrogen-bond acceptors (Lipinski definition) is 15. The average Bonchev–Trinajstić information content (AvgIpc) is 0.897. The Morgan fingerprint density at radius 2 is 0.360 bits per heavy atom. The molecular formula is C92H180O17P2. The monoisotopic (exact) mass is 1620 g/mol. The van der Waals surface area contributed by atoms with Gasteiger partial charge in [-0.15, -0.1) is 0 Å². The van der Waals surface area contributed by atoms with Crippen molar-refractivity contribution in [2.24, 2.45) is 0 Å². The van der Waals surface area contributed by atoms with E-state index in [0.717, 1.165) is 89.9 Å². The van der Waals surface area contributed by atoms with Crippen molar-refractivity contribution in [3.05, 3.63) is 0 Å². The Bertz CT molecular complexity index is 2090. The van der Waals surface area contributed by atoms with Crippen LogP contribution in [-0.4, -0.2) is 96.7 Å². The molecule has 111 heavy (non-hydrogen) atoms. The van der Waals surface area contributed by atoms with Gasteiger partial charge in [-0.25, -0.2) is 9.13 Å². The second-order valence-corrected chi connectivity index (χ2v) is 36.0. The molecule has 0 saturated carbocycles. The van der Waals surface area contributed by atoms with Crippen LogP contribution in [0.25, 0.3) is 0 Å². The number of esters is 4. The Hall–Kier alpha value is -1.94. The lowest BCUT2D eigenvalue weighted by atomic mass is 10.0. The minimum absolute atomic E-state index is 0.109. The highest BCUT2D eigenvalue weighted by atomic mass is 31.2. The normalized spacial score (nSPS) is 13.6. The molecule has 0 aliphatic rings. The lowest BCUT2D eigenvalue weighted by Crippen LogP contribution is -2.30. The van der Waals surface area contributed by atoms with Crippen LogP contribution in [0.2, 0.25) is 0 Å². The molecule has 0 bridgehead atoms. The SMILES string of the molecule is CCCCCCCCCCCCCCCCCCCCCCCCC(=O)O[C@H](COC(=O)CCCCCCCCCCCCCCCCCCCCCCC)COP(=O)(O)OC[C@@H](O)COP(=O)(O)OC[C@@H](COC(=O)CCCCCCCCCCCCCCC)OC(=O)CCCCCCCCCCCCCCCCC. The van der Waals surface area contributed by atoms with Crippen LogP contribution in [0.4, 0.5) is 0 Å². The zero-order valence-corrected chi connectivity index (χ0v) is 74.7. The molecule has 17 nitrogen and oxygen atoms in total. The first-order valence-corrected chi connectivity index (χ1v) is 50.8. The second kappa shape index (κ2) is 85.9. The van der Waals surface area contributed by atoms with E-state index in [4.69, 9.17) is 37.0 Å². The number of aliphatic hydroxyl groups excluding tert-OH is 1. The van der Waals surface area contributed by atoms with Crippen LogP contribution in [0.1, 0.15) is 509 Å². The molecular weight excluding hydrogens is 1440 g/mol. The van der Waals surface area contributed by atoms with E-state index < -0.39 is 97.5 Å². The number of ether oxygens (including phenoxy) is 4. The van der Waals surface area contributed by atoms with E-state index in [1.165, 1.54) is 340 Å². The van der Waals surface area contributed by atoms with E-state index in [2.05, 4.69) is 27.7 Å². The zero-order chi connectivity index (χ0) is 81.0. The Labute approximate surface area is 683 Å². The van der Waals surface area contributed by atoms with Gasteiger partial charge in [-0.3, -0.25) is 37.3 Å². The summed E-state index contributed by atoms with van der Waals surface area (Å²) in [5.41, 5.74) is 0. The molecule has 0 aromatic rings. The van der Waals surface area contributed by atoms with Crippen LogP contribution in [0.3, 0.4) is 0 Å². The van der Waals surface area contributed by atoms with Crippen molar-refractivity contribution in [2.45, 2.75) is 528 Å². The third kappa shape index (κ3) is 85.8. The third-order valence-electron chi connectivity index (χ3n) is 21.9. The molecule has 0 heterocycles. The Morgan fingerprint density at radius 3 is 0.532 bits per heavy atom. The molecule has 0 aromatic carbocycles. The van der Waals surface area contributed by atoms with Crippen LogP contribution in [-0.2, 0) is 65.4 Å². The molecule has 0 aliphatic heterocycles. The minimum atomic E-state index is -4.97. The van der Waals surface area contributed by atoms with E-state index in [1.807, 2.05) is 0 Å². The highest BCUT2D eigenvalue weighted by molar-refractivity contribution is 7.47. The first-order chi connectivity index (χ1) is 54.2. The molecule has 0 radical (unpaired) electrons. The predicted octanol–water partition coefficient (Wildman–Crippen LogP) is 28.9. The van der Waals surface area contributed by atoms with Crippen LogP contribution in [0, 0.1) is 0 Å². The van der Waals surface area contributed by atoms with E-state index in [-0.39, 0.29) is 25.7 Å². The van der Waals surface area contributed by atoms with Crippen LogP contribution >= 0.6 is 15.6 Å². The predicted molar refractivity (Wildman–Crippen MR) is 460 cm³/mol. The molecule has 0 fully saturated rings. The van der Waals surface area contributed by atoms with Gasteiger partial charge >= 0.3 is 39.5 Å². The molecule has 19 heteroatoms. The van der Waals surface area contributed by atoms with Crippen LogP contribution < -0.4 is 0 Å². The van der Waals surface area contributed by atoms with Gasteiger partial charge in [0, 0.05) is 25.7 Å². The summed E-state index contributed by atoms with van der Waals surface area (Å²) in [5, 5.41) is 10.7. The largest absolute Gasteiger partial charge is 0.472 e. The standard InChI is InChI=1S/C92H180O17P2/c1-5-9-13-17-21-25-29-33-36-38-40-42-44-46-48-51-55-59-63-67-71-75-79-92(97)109-88(83-103-90(95)77-73-69-65-61-57-53-50-47-45-43-41-39-37-34-30-26-22-18-14-10-6-2)85-107-111(100,101)105-81-86(93)80-104-110(98,99)106-84-87(82-102-89(94)76-72-68-64-60-56-52-32-28-24-20-16-12-8-4)108-91(96)78-74-70-66-62-58-54-49-35-31-27-23-19-15-11-7-3/h86-88,93H,5-85H2,1-4H3,(H,98,99)(H,100,101)/t86-,87+,88+/m0/s1. The number of phosphoric ester groups is 2. The third-order valence-corrected chi connectivity index (χ3v) is 23.8. The molecule has 0 saturated heterocycles. The van der Waals surface area contributed by atoms with E-state index in [9.17, 15) is 43.2 Å². The number of carbonyl (C=O) groups is 4. The van der Waals surface area contributed by atoms with E-state index >= 15 is 0 Å². The number of rotatable bonds is 93. The number of hydrogen-bond donors (Lipinski definition) is 3. The van der Waals surface area contributed by atoms with Crippen molar-refractivity contribution in [1.29, 1.82) is 0 Å². The summed E-state index contributed by atoms with van der Waals surface area (Å²) in [6.07, 6.45) is 83.4. The number of carbonyl (C=O) groups excluding carboxylic acids is 4. The van der Waals surface area contributed by atoms with Gasteiger partial charge in [-0.05, 0) is 25.7 Å². The van der Waals surface area contributed by atoms with Gasteiger partial charge in [0.25, 0.3) is 0 Å². The van der Waals surface area contributed by atoms with Gasteiger partial charge in [-0.2, -0.15) is 0 Å². The maximum absolute atomic E-state index is 13.2. The summed E-state index contributed by atoms with van der Waals surface area (Å²) >= 11 is 0. The summed E-state index contributed by atoms with van der Waals surface area (Å²) in [7, 11) is -9.93. The first-order valence-electron chi connectivity index (χ1n) is 47.8. The lowest BCUT2D eigenvalue weighted by molar-refractivity contribution is -0.161. The minimum Gasteiger partial charge on any atom is -0.462 e. The van der Waals surface area contributed by atoms with Crippen molar-refractivity contribution in [3.8, 4) is 0 Å². The van der Waals surface area contributed by atoms with Gasteiger partial charge in [0.05, 0.1) is 26.4 Å². The summed E-state index contributed by atoms with van der Waals surface area (Å²) in [4.78, 5) is 73.5. The fourth-order valence-electron chi connectivity index (χ4n) is 14.6. The zero-order valence-electron chi connectivity index (χ0n) is 73.0. The van der Waals surface area contributed by atoms with E-state index in [0.29, 0.717) is 25.7 Å². The maximum Gasteiger partial charge on any atom is 0.472 e. The van der Waals surface area contributed by atoms with Crippen molar-refractivity contribution in [1.82, 2.24) is 0 Å². The topological polar surface area (TPSA) is 237 Å². The summed E-state index contributed by atoms with van der Waals surface area (Å²) in [6, 6.07) is 0.